The second-order valence-electron chi connectivity index (χ2n) is 5.00. The van der Waals surface area contributed by atoms with Gasteiger partial charge < -0.3 is 14.4 Å². The van der Waals surface area contributed by atoms with Crippen LogP contribution in [0.25, 0.3) is 5.69 Å². The number of aromatic nitrogens is 2. The maximum Gasteiger partial charge on any atom is 0.195 e. The van der Waals surface area contributed by atoms with Gasteiger partial charge in [-0.25, -0.2) is 9.98 Å². The van der Waals surface area contributed by atoms with Crippen molar-refractivity contribution in [3.63, 3.8) is 0 Å². The zero-order chi connectivity index (χ0) is 14.5. The fraction of sp³-hybridized carbons (Fsp3) is 0.333. The minimum absolute atomic E-state index is 0. The highest BCUT2D eigenvalue weighted by molar-refractivity contribution is 14.0. The molecular formula is C15H22IN5. The van der Waals surface area contributed by atoms with Gasteiger partial charge in [0.1, 0.15) is 0 Å². The summed E-state index contributed by atoms with van der Waals surface area (Å²) < 4.78 is 2.01. The molecule has 1 aromatic heterocycles. The zero-order valence-corrected chi connectivity index (χ0v) is 15.2. The molecule has 6 heteroatoms. The quantitative estimate of drug-likeness (QED) is 0.452. The summed E-state index contributed by atoms with van der Waals surface area (Å²) in [6, 6.07) is 8.25. The molecule has 0 aliphatic carbocycles. The predicted octanol–water partition coefficient (Wildman–Crippen LogP) is 2.47. The van der Waals surface area contributed by atoms with Crippen molar-refractivity contribution < 1.29 is 0 Å². The summed E-state index contributed by atoms with van der Waals surface area (Å²) in [4.78, 5) is 12.8. The molecule has 0 amide bonds. The maximum atomic E-state index is 4.70. The van der Waals surface area contributed by atoms with Crippen molar-refractivity contribution in [2.24, 2.45) is 4.99 Å². The minimum atomic E-state index is 0. The summed E-state index contributed by atoms with van der Waals surface area (Å²) in [5, 5.41) is 0. The number of aliphatic imine (C=N–C) groups is 1. The number of rotatable bonds is 3. The Labute approximate surface area is 143 Å². The van der Waals surface area contributed by atoms with Gasteiger partial charge in [-0.15, -0.1) is 24.0 Å². The molecule has 0 aliphatic heterocycles. The second kappa shape index (κ2) is 8.02. The average molecular weight is 399 g/mol. The summed E-state index contributed by atoms with van der Waals surface area (Å²) in [5.41, 5.74) is 2.29. The molecule has 0 unspecified atom stereocenters. The third-order valence-corrected chi connectivity index (χ3v) is 2.97. The van der Waals surface area contributed by atoms with Crippen LogP contribution in [0, 0.1) is 0 Å². The van der Waals surface area contributed by atoms with E-state index >= 15 is 0 Å². The molecule has 21 heavy (non-hydrogen) atoms. The first-order chi connectivity index (χ1) is 9.59. The van der Waals surface area contributed by atoms with E-state index in [1.54, 1.807) is 12.5 Å². The Morgan fingerprint density at radius 3 is 2.38 bits per heavy atom. The van der Waals surface area contributed by atoms with E-state index in [4.69, 9.17) is 4.99 Å². The van der Waals surface area contributed by atoms with Gasteiger partial charge in [0.25, 0.3) is 0 Å². The SMILES string of the molecule is CN(C)C(=NCc1ccccc1-n1ccnc1)N(C)C.I. The van der Waals surface area contributed by atoms with E-state index in [0.29, 0.717) is 6.54 Å². The van der Waals surface area contributed by atoms with E-state index in [1.807, 2.05) is 60.9 Å². The first-order valence-corrected chi connectivity index (χ1v) is 6.55. The van der Waals surface area contributed by atoms with Crippen LogP contribution >= 0.6 is 24.0 Å². The number of para-hydroxylation sites is 1. The predicted molar refractivity (Wildman–Crippen MR) is 97.5 cm³/mol. The molecule has 0 bridgehead atoms. The largest absolute Gasteiger partial charge is 0.349 e. The highest BCUT2D eigenvalue weighted by Crippen LogP contribution is 2.15. The van der Waals surface area contributed by atoms with Crippen molar-refractivity contribution in [1.29, 1.82) is 0 Å². The molecule has 5 nitrogen and oxygen atoms in total. The number of hydrogen-bond acceptors (Lipinski definition) is 2. The number of halogens is 1. The lowest BCUT2D eigenvalue weighted by Crippen LogP contribution is -2.35. The minimum Gasteiger partial charge on any atom is -0.349 e. The van der Waals surface area contributed by atoms with Gasteiger partial charge in [-0.3, -0.25) is 0 Å². The molecule has 0 saturated carbocycles. The van der Waals surface area contributed by atoms with E-state index in [2.05, 4.69) is 17.1 Å². The Morgan fingerprint density at radius 1 is 1.14 bits per heavy atom. The average Bonchev–Trinajstić information content (AvgIpc) is 2.92. The van der Waals surface area contributed by atoms with E-state index in [1.165, 1.54) is 5.56 Å². The van der Waals surface area contributed by atoms with Crippen LogP contribution in [0.4, 0.5) is 0 Å². The second-order valence-corrected chi connectivity index (χ2v) is 5.00. The van der Waals surface area contributed by atoms with Crippen molar-refractivity contribution in [3.8, 4) is 5.69 Å². The number of guanidine groups is 1. The monoisotopic (exact) mass is 399 g/mol. The normalized spacial score (nSPS) is 9.71. The lowest BCUT2D eigenvalue weighted by atomic mass is 10.2. The fourth-order valence-electron chi connectivity index (χ4n) is 2.14. The third-order valence-electron chi connectivity index (χ3n) is 2.97. The molecule has 0 radical (unpaired) electrons. The summed E-state index contributed by atoms with van der Waals surface area (Å²) in [6.45, 7) is 0.639. The Hall–Kier alpha value is -1.57. The topological polar surface area (TPSA) is 36.7 Å². The Bertz CT molecular complexity index is 566. The van der Waals surface area contributed by atoms with Crippen LogP contribution in [0.5, 0.6) is 0 Å². The summed E-state index contributed by atoms with van der Waals surface area (Å²) >= 11 is 0. The molecule has 0 saturated heterocycles. The fourth-order valence-corrected chi connectivity index (χ4v) is 2.14. The maximum absolute atomic E-state index is 4.70. The highest BCUT2D eigenvalue weighted by atomic mass is 127. The molecule has 2 rings (SSSR count). The van der Waals surface area contributed by atoms with Crippen LogP contribution in [-0.2, 0) is 6.54 Å². The van der Waals surface area contributed by atoms with Gasteiger partial charge in [0.05, 0.1) is 18.6 Å². The molecule has 0 atom stereocenters. The number of benzene rings is 1. The standard InChI is InChI=1S/C15H21N5.HI/c1-18(2)15(19(3)4)17-11-13-7-5-6-8-14(13)20-10-9-16-12-20;/h5-10,12H,11H2,1-4H3;1H. The number of imidazole rings is 1. The van der Waals surface area contributed by atoms with Crippen molar-refractivity contribution in [2.45, 2.75) is 6.54 Å². The lowest BCUT2D eigenvalue weighted by molar-refractivity contribution is 0.479. The van der Waals surface area contributed by atoms with Gasteiger partial charge in [-0.2, -0.15) is 0 Å². The summed E-state index contributed by atoms with van der Waals surface area (Å²) in [6.07, 6.45) is 5.54. The highest BCUT2D eigenvalue weighted by Gasteiger charge is 2.06. The molecule has 0 spiro atoms. The number of nitrogens with zero attached hydrogens (tertiary/aromatic N) is 5. The molecule has 0 fully saturated rings. The van der Waals surface area contributed by atoms with Gasteiger partial charge in [0.2, 0.25) is 0 Å². The third kappa shape index (κ3) is 4.45. The van der Waals surface area contributed by atoms with Gasteiger partial charge in [0.15, 0.2) is 5.96 Å². The van der Waals surface area contributed by atoms with Crippen LogP contribution in [0.2, 0.25) is 0 Å². The van der Waals surface area contributed by atoms with E-state index < -0.39 is 0 Å². The van der Waals surface area contributed by atoms with Gasteiger partial charge >= 0.3 is 0 Å². The summed E-state index contributed by atoms with van der Waals surface area (Å²) in [7, 11) is 8.00. The van der Waals surface area contributed by atoms with Crippen molar-refractivity contribution in [2.75, 3.05) is 28.2 Å². The summed E-state index contributed by atoms with van der Waals surface area (Å²) in [5.74, 6) is 0.949. The smallest absolute Gasteiger partial charge is 0.195 e. The number of hydrogen-bond donors (Lipinski definition) is 0. The van der Waals surface area contributed by atoms with Crippen LogP contribution < -0.4 is 0 Å². The molecule has 0 aliphatic rings. The van der Waals surface area contributed by atoms with Gasteiger partial charge in [0, 0.05) is 40.6 Å². The van der Waals surface area contributed by atoms with E-state index in [0.717, 1.165) is 11.6 Å². The van der Waals surface area contributed by atoms with Crippen LogP contribution in [0.3, 0.4) is 0 Å². The Kier molecular flexibility index (Phi) is 6.67. The lowest BCUT2D eigenvalue weighted by Gasteiger charge is -2.22. The molecule has 2 aromatic rings. The molecule has 114 valence electrons. The van der Waals surface area contributed by atoms with Crippen molar-refractivity contribution in [3.05, 3.63) is 48.5 Å². The van der Waals surface area contributed by atoms with Crippen LogP contribution in [-0.4, -0.2) is 53.5 Å². The van der Waals surface area contributed by atoms with Crippen molar-refractivity contribution >= 4 is 29.9 Å². The van der Waals surface area contributed by atoms with Crippen LogP contribution in [0.1, 0.15) is 5.56 Å². The first kappa shape index (κ1) is 17.5. The van der Waals surface area contributed by atoms with E-state index in [-0.39, 0.29) is 24.0 Å². The zero-order valence-electron chi connectivity index (χ0n) is 12.9. The Balaban J connectivity index is 0.00000220. The van der Waals surface area contributed by atoms with Crippen molar-refractivity contribution in [1.82, 2.24) is 19.4 Å². The van der Waals surface area contributed by atoms with Crippen LogP contribution in [0.15, 0.2) is 48.0 Å². The molecule has 0 N–H and O–H groups in total. The van der Waals surface area contributed by atoms with Gasteiger partial charge in [-0.05, 0) is 11.6 Å². The molecular weight excluding hydrogens is 377 g/mol. The first-order valence-electron chi connectivity index (χ1n) is 6.55. The molecule has 1 aromatic carbocycles. The van der Waals surface area contributed by atoms with E-state index in [9.17, 15) is 0 Å². The van der Waals surface area contributed by atoms with Gasteiger partial charge in [-0.1, -0.05) is 18.2 Å². The Morgan fingerprint density at radius 2 is 1.81 bits per heavy atom. The molecule has 1 heterocycles.